The van der Waals surface area contributed by atoms with Crippen LogP contribution in [0, 0.1) is 13.8 Å². The first-order chi connectivity index (χ1) is 15.0. The van der Waals surface area contributed by atoms with Crippen LogP contribution in [0.4, 0.5) is 0 Å². The predicted molar refractivity (Wildman–Crippen MR) is 114 cm³/mol. The Morgan fingerprint density at radius 3 is 2.48 bits per heavy atom. The number of nitrogens with zero attached hydrogens (tertiary/aromatic N) is 2. The molecular formula is C24H20N2O5. The number of fused-ring (bicyclic) bond motifs is 1. The Bertz CT molecular complexity index is 1280. The van der Waals surface area contributed by atoms with Crippen LogP contribution in [0.3, 0.4) is 0 Å². The summed E-state index contributed by atoms with van der Waals surface area (Å²) in [5.74, 6) is -0.599. The van der Waals surface area contributed by atoms with E-state index in [1.807, 2.05) is 31.2 Å². The molecule has 0 amide bonds. The number of aromatic nitrogens is 2. The van der Waals surface area contributed by atoms with Gasteiger partial charge >= 0.3 is 5.97 Å². The Morgan fingerprint density at radius 1 is 1.00 bits per heavy atom. The minimum absolute atomic E-state index is 0.235. The monoisotopic (exact) mass is 416 g/mol. The lowest BCUT2D eigenvalue weighted by atomic mass is 10.0. The van der Waals surface area contributed by atoms with Gasteiger partial charge in [0.15, 0.2) is 6.61 Å². The van der Waals surface area contributed by atoms with Gasteiger partial charge in [-0.3, -0.25) is 4.79 Å². The maximum Gasteiger partial charge on any atom is 0.339 e. The highest BCUT2D eigenvalue weighted by atomic mass is 16.5. The Balaban J connectivity index is 1.64. The zero-order valence-electron chi connectivity index (χ0n) is 17.3. The Labute approximate surface area is 178 Å². The minimum atomic E-state index is -0.657. The SMILES string of the molecule is COc1ccccc1C(=O)COC(=O)c1cc(-c2ccc(C)cc2)nc2onc(C)c12. The maximum atomic E-state index is 12.9. The molecular weight excluding hydrogens is 396 g/mol. The minimum Gasteiger partial charge on any atom is -0.496 e. The van der Waals surface area contributed by atoms with Crippen molar-refractivity contribution in [1.29, 1.82) is 0 Å². The number of carbonyl (C=O) groups excluding carboxylic acids is 2. The standard InChI is InChI=1S/C24H20N2O5/c1-14-8-10-16(11-9-14)19-12-18(22-15(2)26-31-23(22)25-19)24(28)30-13-20(27)17-6-4-5-7-21(17)29-3/h4-12H,13H2,1-3H3. The molecule has 0 aliphatic heterocycles. The summed E-state index contributed by atoms with van der Waals surface area (Å²) < 4.78 is 15.8. The zero-order chi connectivity index (χ0) is 22.0. The molecule has 0 radical (unpaired) electrons. The Kier molecular flexibility index (Phi) is 5.49. The van der Waals surface area contributed by atoms with Crippen molar-refractivity contribution in [2.75, 3.05) is 13.7 Å². The quantitative estimate of drug-likeness (QED) is 0.336. The molecule has 0 spiro atoms. The lowest BCUT2D eigenvalue weighted by Gasteiger charge is -2.09. The van der Waals surface area contributed by atoms with Gasteiger partial charge in [0.1, 0.15) is 5.75 Å². The topological polar surface area (TPSA) is 91.5 Å². The predicted octanol–water partition coefficient (Wildman–Crippen LogP) is 4.55. The molecule has 0 aliphatic carbocycles. The number of hydrogen-bond donors (Lipinski definition) is 0. The van der Waals surface area contributed by atoms with E-state index in [0.29, 0.717) is 28.1 Å². The number of pyridine rings is 1. The van der Waals surface area contributed by atoms with E-state index in [1.54, 1.807) is 37.3 Å². The Hall–Kier alpha value is -4.00. The molecule has 0 bridgehead atoms. The van der Waals surface area contributed by atoms with Gasteiger partial charge in [0.25, 0.3) is 5.71 Å². The van der Waals surface area contributed by atoms with E-state index in [-0.39, 0.29) is 17.1 Å². The van der Waals surface area contributed by atoms with Crippen molar-refractivity contribution in [3.05, 3.63) is 77.0 Å². The van der Waals surface area contributed by atoms with Gasteiger partial charge in [-0.15, -0.1) is 0 Å². The fraction of sp³-hybridized carbons (Fsp3) is 0.167. The summed E-state index contributed by atoms with van der Waals surface area (Å²) in [4.78, 5) is 30.0. The molecule has 2 aromatic carbocycles. The van der Waals surface area contributed by atoms with Gasteiger partial charge < -0.3 is 14.0 Å². The van der Waals surface area contributed by atoms with Crippen LogP contribution >= 0.6 is 0 Å². The molecule has 2 aromatic heterocycles. The van der Waals surface area contributed by atoms with Crippen LogP contribution in [-0.4, -0.2) is 35.6 Å². The van der Waals surface area contributed by atoms with Crippen molar-refractivity contribution in [1.82, 2.24) is 10.1 Å². The average molecular weight is 416 g/mol. The fourth-order valence-electron chi connectivity index (χ4n) is 3.29. The zero-order valence-corrected chi connectivity index (χ0v) is 17.3. The number of methoxy groups -OCH3 is 1. The summed E-state index contributed by atoms with van der Waals surface area (Å²) in [5.41, 5.74) is 3.81. The third-order valence-electron chi connectivity index (χ3n) is 4.93. The second-order valence-corrected chi connectivity index (χ2v) is 7.07. The van der Waals surface area contributed by atoms with E-state index in [1.165, 1.54) is 7.11 Å². The number of ether oxygens (including phenoxy) is 2. The van der Waals surface area contributed by atoms with E-state index < -0.39 is 12.6 Å². The largest absolute Gasteiger partial charge is 0.496 e. The number of para-hydroxylation sites is 1. The number of aryl methyl sites for hydroxylation is 2. The summed E-state index contributed by atoms with van der Waals surface area (Å²) in [6, 6.07) is 16.1. The molecule has 0 N–H and O–H groups in total. The van der Waals surface area contributed by atoms with Crippen LogP contribution in [-0.2, 0) is 4.74 Å². The number of hydrogen-bond acceptors (Lipinski definition) is 7. The van der Waals surface area contributed by atoms with E-state index in [0.717, 1.165) is 11.1 Å². The summed E-state index contributed by atoms with van der Waals surface area (Å²) in [5, 5.41) is 4.39. The molecule has 7 heteroatoms. The van der Waals surface area contributed by atoms with Crippen LogP contribution in [0.2, 0.25) is 0 Å². The molecule has 2 heterocycles. The molecule has 0 fully saturated rings. The van der Waals surface area contributed by atoms with Gasteiger partial charge in [0.05, 0.1) is 35.0 Å². The van der Waals surface area contributed by atoms with Gasteiger partial charge in [0.2, 0.25) is 5.78 Å². The molecule has 0 saturated carbocycles. The smallest absolute Gasteiger partial charge is 0.339 e. The molecule has 0 aliphatic rings. The van der Waals surface area contributed by atoms with Crippen molar-refractivity contribution in [3.63, 3.8) is 0 Å². The van der Waals surface area contributed by atoms with Crippen molar-refractivity contribution in [3.8, 4) is 17.0 Å². The van der Waals surface area contributed by atoms with Crippen LogP contribution in [0.1, 0.15) is 32.0 Å². The Morgan fingerprint density at radius 2 is 1.74 bits per heavy atom. The molecule has 31 heavy (non-hydrogen) atoms. The summed E-state index contributed by atoms with van der Waals surface area (Å²) in [7, 11) is 1.48. The molecule has 0 saturated heterocycles. The van der Waals surface area contributed by atoms with Crippen LogP contribution in [0.25, 0.3) is 22.4 Å². The number of carbonyl (C=O) groups is 2. The normalized spacial score (nSPS) is 10.8. The van der Waals surface area contributed by atoms with Gasteiger partial charge in [-0.1, -0.05) is 47.1 Å². The molecule has 0 unspecified atom stereocenters. The highest BCUT2D eigenvalue weighted by Crippen LogP contribution is 2.28. The van der Waals surface area contributed by atoms with Crippen LogP contribution in [0.15, 0.2) is 59.1 Å². The fourth-order valence-corrected chi connectivity index (χ4v) is 3.29. The molecule has 4 rings (SSSR count). The lowest BCUT2D eigenvalue weighted by molar-refractivity contribution is 0.0476. The van der Waals surface area contributed by atoms with Crippen molar-refractivity contribution < 1.29 is 23.6 Å². The lowest BCUT2D eigenvalue weighted by Crippen LogP contribution is -2.15. The van der Waals surface area contributed by atoms with Crippen molar-refractivity contribution in [2.45, 2.75) is 13.8 Å². The second kappa shape index (κ2) is 8.39. The van der Waals surface area contributed by atoms with Crippen LogP contribution in [0.5, 0.6) is 5.75 Å². The highest BCUT2D eigenvalue weighted by molar-refractivity contribution is 6.06. The number of ketones is 1. The van der Waals surface area contributed by atoms with Gasteiger partial charge in [-0.05, 0) is 32.0 Å². The first-order valence-electron chi connectivity index (χ1n) is 9.65. The van der Waals surface area contributed by atoms with E-state index >= 15 is 0 Å². The van der Waals surface area contributed by atoms with E-state index in [4.69, 9.17) is 14.0 Å². The number of Topliss-reactive ketones (excluding diaryl/α,β-unsaturated/α-hetero) is 1. The highest BCUT2D eigenvalue weighted by Gasteiger charge is 2.22. The van der Waals surface area contributed by atoms with Crippen molar-refractivity contribution in [2.24, 2.45) is 0 Å². The average Bonchev–Trinajstić information content (AvgIpc) is 3.17. The first kappa shape index (κ1) is 20.3. The van der Waals surface area contributed by atoms with Gasteiger partial charge in [-0.2, -0.15) is 0 Å². The second-order valence-electron chi connectivity index (χ2n) is 7.07. The van der Waals surface area contributed by atoms with Gasteiger partial charge in [0, 0.05) is 5.56 Å². The maximum absolute atomic E-state index is 12.9. The van der Waals surface area contributed by atoms with E-state index in [9.17, 15) is 9.59 Å². The molecule has 7 nitrogen and oxygen atoms in total. The molecule has 0 atom stereocenters. The first-order valence-corrected chi connectivity index (χ1v) is 9.65. The van der Waals surface area contributed by atoms with E-state index in [2.05, 4.69) is 10.1 Å². The number of rotatable bonds is 6. The summed E-state index contributed by atoms with van der Waals surface area (Å²) >= 11 is 0. The van der Waals surface area contributed by atoms with Crippen molar-refractivity contribution >= 4 is 22.9 Å². The summed E-state index contributed by atoms with van der Waals surface area (Å²) in [6.07, 6.45) is 0. The third kappa shape index (κ3) is 4.02. The third-order valence-corrected chi connectivity index (χ3v) is 4.93. The molecule has 4 aromatic rings. The van der Waals surface area contributed by atoms with Gasteiger partial charge in [-0.25, -0.2) is 9.78 Å². The van der Waals surface area contributed by atoms with Crippen LogP contribution < -0.4 is 4.74 Å². The summed E-state index contributed by atoms with van der Waals surface area (Å²) in [6.45, 7) is 3.28. The number of benzene rings is 2. The molecule has 156 valence electrons. The number of esters is 1.